The maximum absolute atomic E-state index is 12.9. The number of likely N-dealkylation sites (tertiary alicyclic amines) is 1. The lowest BCUT2D eigenvalue weighted by Crippen LogP contribution is -2.52. The SMILES string of the molecule is O=C(c1ccccc1)N1CC[C@@H]2OCC[C@]2(CCNc2ccccn2)C1. The van der Waals surface area contributed by atoms with Crippen molar-refractivity contribution in [1.29, 1.82) is 0 Å². The van der Waals surface area contributed by atoms with Gasteiger partial charge in [-0.15, -0.1) is 0 Å². The van der Waals surface area contributed by atoms with Crippen LogP contribution in [0.2, 0.25) is 0 Å². The van der Waals surface area contributed by atoms with Crippen LogP contribution < -0.4 is 5.32 Å². The second-order valence-corrected chi connectivity index (χ2v) is 7.24. The van der Waals surface area contributed by atoms with Gasteiger partial charge in [0.2, 0.25) is 0 Å². The number of nitrogens with zero attached hydrogens (tertiary/aromatic N) is 2. The van der Waals surface area contributed by atoms with E-state index in [9.17, 15) is 4.79 Å². The lowest BCUT2D eigenvalue weighted by atomic mass is 9.74. The highest BCUT2D eigenvalue weighted by molar-refractivity contribution is 5.94. The predicted molar refractivity (Wildman–Crippen MR) is 101 cm³/mol. The fraction of sp³-hybridized carbons (Fsp3) is 0.429. The standard InChI is InChI=1S/C21H25N3O2/c25-20(17-6-2-1-3-7-17)24-14-9-18-21(16-24,11-15-26-18)10-13-23-19-8-4-5-12-22-19/h1-8,12,18H,9-11,13-16H2,(H,22,23)/t18-,21+/m0/s1. The molecule has 2 aliphatic rings. The number of carbonyl (C=O) groups excluding carboxylic acids is 1. The molecule has 0 unspecified atom stereocenters. The largest absolute Gasteiger partial charge is 0.377 e. The van der Waals surface area contributed by atoms with E-state index in [1.54, 1.807) is 6.20 Å². The summed E-state index contributed by atoms with van der Waals surface area (Å²) >= 11 is 0. The summed E-state index contributed by atoms with van der Waals surface area (Å²) in [5.74, 6) is 1.03. The number of nitrogens with one attached hydrogen (secondary N) is 1. The number of hydrogen-bond donors (Lipinski definition) is 1. The Bertz CT molecular complexity index is 737. The number of fused-ring (bicyclic) bond motifs is 1. The topological polar surface area (TPSA) is 54.5 Å². The molecule has 2 aromatic rings. The minimum absolute atomic E-state index is 0.0461. The third kappa shape index (κ3) is 3.44. The van der Waals surface area contributed by atoms with Gasteiger partial charge >= 0.3 is 0 Å². The molecule has 0 bridgehead atoms. The third-order valence-corrected chi connectivity index (χ3v) is 5.67. The Morgan fingerprint density at radius 3 is 2.88 bits per heavy atom. The summed E-state index contributed by atoms with van der Waals surface area (Å²) in [6.07, 6.45) is 4.96. The molecule has 2 atom stereocenters. The molecule has 2 fully saturated rings. The van der Waals surface area contributed by atoms with Crippen molar-refractivity contribution in [3.63, 3.8) is 0 Å². The van der Waals surface area contributed by atoms with Gasteiger partial charge in [-0.25, -0.2) is 4.98 Å². The maximum Gasteiger partial charge on any atom is 0.253 e. The quantitative estimate of drug-likeness (QED) is 0.899. The molecule has 0 spiro atoms. The number of piperidine rings is 1. The first kappa shape index (κ1) is 17.0. The van der Waals surface area contributed by atoms with E-state index < -0.39 is 0 Å². The van der Waals surface area contributed by atoms with Crippen LogP contribution in [0.15, 0.2) is 54.7 Å². The van der Waals surface area contributed by atoms with Crippen LogP contribution in [0.25, 0.3) is 0 Å². The van der Waals surface area contributed by atoms with Crippen molar-refractivity contribution >= 4 is 11.7 Å². The van der Waals surface area contributed by atoms with Crippen LogP contribution in [-0.4, -0.2) is 48.1 Å². The van der Waals surface area contributed by atoms with E-state index in [4.69, 9.17) is 4.74 Å². The number of rotatable bonds is 5. The van der Waals surface area contributed by atoms with Gasteiger partial charge in [0.1, 0.15) is 5.82 Å². The van der Waals surface area contributed by atoms with Gasteiger partial charge in [-0.2, -0.15) is 0 Å². The molecule has 0 saturated carbocycles. The fourth-order valence-corrected chi connectivity index (χ4v) is 4.25. The van der Waals surface area contributed by atoms with E-state index in [-0.39, 0.29) is 17.4 Å². The normalized spacial score (nSPS) is 24.9. The van der Waals surface area contributed by atoms with Gasteiger partial charge in [0.05, 0.1) is 6.10 Å². The van der Waals surface area contributed by atoms with Crippen LogP contribution >= 0.6 is 0 Å². The number of ether oxygens (including phenoxy) is 1. The summed E-state index contributed by atoms with van der Waals surface area (Å²) in [7, 11) is 0. The number of amides is 1. The third-order valence-electron chi connectivity index (χ3n) is 5.67. The van der Waals surface area contributed by atoms with Gasteiger partial charge in [0.25, 0.3) is 5.91 Å². The van der Waals surface area contributed by atoms with E-state index in [1.165, 1.54) is 0 Å². The minimum Gasteiger partial charge on any atom is -0.377 e. The van der Waals surface area contributed by atoms with Crippen molar-refractivity contribution in [2.24, 2.45) is 5.41 Å². The second-order valence-electron chi connectivity index (χ2n) is 7.24. The molecule has 136 valence electrons. The molecular weight excluding hydrogens is 326 g/mol. The number of aromatic nitrogens is 1. The molecule has 5 nitrogen and oxygen atoms in total. The average molecular weight is 351 g/mol. The van der Waals surface area contributed by atoms with Crippen LogP contribution in [0.5, 0.6) is 0 Å². The zero-order chi connectivity index (χ0) is 17.8. The van der Waals surface area contributed by atoms with E-state index in [0.29, 0.717) is 0 Å². The summed E-state index contributed by atoms with van der Waals surface area (Å²) in [6.45, 7) is 3.18. The zero-order valence-corrected chi connectivity index (χ0v) is 14.9. The Morgan fingerprint density at radius 1 is 1.23 bits per heavy atom. The molecule has 3 heterocycles. The first-order valence-electron chi connectivity index (χ1n) is 9.38. The molecule has 1 aromatic carbocycles. The van der Waals surface area contributed by atoms with Gasteiger partial charge in [-0.3, -0.25) is 4.79 Å². The number of anilines is 1. The molecule has 4 rings (SSSR count). The number of benzene rings is 1. The monoisotopic (exact) mass is 351 g/mol. The Balaban J connectivity index is 1.43. The molecule has 1 aromatic heterocycles. The van der Waals surface area contributed by atoms with Crippen LogP contribution in [0.4, 0.5) is 5.82 Å². The lowest BCUT2D eigenvalue weighted by Gasteiger charge is -2.44. The number of carbonyl (C=O) groups is 1. The Hall–Kier alpha value is -2.40. The smallest absolute Gasteiger partial charge is 0.253 e. The summed E-state index contributed by atoms with van der Waals surface area (Å²) in [4.78, 5) is 19.2. The van der Waals surface area contributed by atoms with Crippen molar-refractivity contribution in [2.45, 2.75) is 25.4 Å². The lowest BCUT2D eigenvalue weighted by molar-refractivity contribution is -0.0150. The molecule has 2 aliphatic heterocycles. The summed E-state index contributed by atoms with van der Waals surface area (Å²) in [5, 5.41) is 3.41. The molecule has 1 amide bonds. The van der Waals surface area contributed by atoms with Crippen molar-refractivity contribution < 1.29 is 9.53 Å². The average Bonchev–Trinajstić information content (AvgIpc) is 3.12. The Labute approximate surface area is 154 Å². The summed E-state index contributed by atoms with van der Waals surface area (Å²) in [6, 6.07) is 15.5. The Morgan fingerprint density at radius 2 is 2.08 bits per heavy atom. The zero-order valence-electron chi connectivity index (χ0n) is 14.9. The molecule has 5 heteroatoms. The van der Waals surface area contributed by atoms with E-state index in [2.05, 4.69) is 10.3 Å². The molecule has 26 heavy (non-hydrogen) atoms. The van der Waals surface area contributed by atoms with Gasteiger partial charge in [-0.05, 0) is 43.5 Å². The first-order chi connectivity index (χ1) is 12.8. The molecule has 1 N–H and O–H groups in total. The number of hydrogen-bond acceptors (Lipinski definition) is 4. The van der Waals surface area contributed by atoms with E-state index in [1.807, 2.05) is 53.4 Å². The van der Waals surface area contributed by atoms with Crippen molar-refractivity contribution in [2.75, 3.05) is 31.6 Å². The molecular formula is C21H25N3O2. The Kier molecular flexibility index (Phi) is 4.89. The highest BCUT2D eigenvalue weighted by atomic mass is 16.5. The van der Waals surface area contributed by atoms with Crippen LogP contribution in [-0.2, 0) is 4.74 Å². The fourth-order valence-electron chi connectivity index (χ4n) is 4.25. The van der Waals surface area contributed by atoms with Crippen LogP contribution in [0.1, 0.15) is 29.6 Å². The number of pyridine rings is 1. The molecule has 0 radical (unpaired) electrons. The van der Waals surface area contributed by atoms with E-state index >= 15 is 0 Å². The van der Waals surface area contributed by atoms with Crippen molar-refractivity contribution in [3.05, 3.63) is 60.3 Å². The summed E-state index contributed by atoms with van der Waals surface area (Å²) in [5.41, 5.74) is 0.816. The minimum atomic E-state index is 0.0461. The maximum atomic E-state index is 12.9. The second kappa shape index (κ2) is 7.46. The summed E-state index contributed by atoms with van der Waals surface area (Å²) < 4.78 is 6.02. The van der Waals surface area contributed by atoms with E-state index in [0.717, 1.165) is 56.9 Å². The van der Waals surface area contributed by atoms with Crippen molar-refractivity contribution in [1.82, 2.24) is 9.88 Å². The van der Waals surface area contributed by atoms with Crippen LogP contribution in [0, 0.1) is 5.41 Å². The molecule has 2 saturated heterocycles. The highest BCUT2D eigenvalue weighted by Gasteiger charge is 2.48. The molecule has 0 aliphatic carbocycles. The van der Waals surface area contributed by atoms with Gasteiger partial charge in [0, 0.05) is 43.4 Å². The van der Waals surface area contributed by atoms with Gasteiger partial charge < -0.3 is 15.0 Å². The van der Waals surface area contributed by atoms with Gasteiger partial charge in [-0.1, -0.05) is 24.3 Å². The van der Waals surface area contributed by atoms with Crippen molar-refractivity contribution in [3.8, 4) is 0 Å². The van der Waals surface area contributed by atoms with Gasteiger partial charge in [0.15, 0.2) is 0 Å². The predicted octanol–water partition coefficient (Wildman–Crippen LogP) is 3.21. The highest BCUT2D eigenvalue weighted by Crippen LogP contribution is 2.43. The first-order valence-corrected chi connectivity index (χ1v) is 9.38. The van der Waals surface area contributed by atoms with Crippen LogP contribution in [0.3, 0.4) is 0 Å².